The first kappa shape index (κ1) is 28.3. The van der Waals surface area contributed by atoms with Gasteiger partial charge in [0.1, 0.15) is 0 Å². The van der Waals surface area contributed by atoms with E-state index in [0.29, 0.717) is 0 Å². The van der Waals surface area contributed by atoms with Crippen molar-refractivity contribution in [1.82, 2.24) is 4.57 Å². The lowest BCUT2D eigenvalue weighted by atomic mass is 9.67. The Morgan fingerprint density at radius 2 is 1.09 bits per heavy atom. The summed E-state index contributed by atoms with van der Waals surface area (Å²) in [5.74, 6) is 0. The molecule has 228 valence electrons. The van der Waals surface area contributed by atoms with Crippen LogP contribution in [0.1, 0.15) is 49.9 Å². The third-order valence-corrected chi connectivity index (χ3v) is 10.9. The molecule has 47 heavy (non-hydrogen) atoms. The van der Waals surface area contributed by atoms with Crippen LogP contribution < -0.4 is 5.46 Å². The summed E-state index contributed by atoms with van der Waals surface area (Å²) in [6, 6.07) is 53.4. The summed E-state index contributed by atoms with van der Waals surface area (Å²) in [7, 11) is -0.434. The summed E-state index contributed by atoms with van der Waals surface area (Å²) in [5, 5.41) is 2.46. The van der Waals surface area contributed by atoms with Crippen LogP contribution in [-0.4, -0.2) is 22.9 Å². The minimum absolute atomic E-state index is 0.408. The average Bonchev–Trinajstić information content (AvgIpc) is 3.67. The zero-order valence-corrected chi connectivity index (χ0v) is 27.2. The molecule has 0 amide bonds. The first-order valence-corrected chi connectivity index (χ1v) is 16.5. The van der Waals surface area contributed by atoms with Crippen LogP contribution in [-0.2, 0) is 14.7 Å². The van der Waals surface area contributed by atoms with Crippen molar-refractivity contribution < 1.29 is 9.31 Å². The Hall–Kier alpha value is -4.90. The summed E-state index contributed by atoms with van der Waals surface area (Å²) in [6.07, 6.45) is 0. The van der Waals surface area contributed by atoms with Gasteiger partial charge in [-0.25, -0.2) is 0 Å². The van der Waals surface area contributed by atoms with Crippen LogP contribution in [0, 0.1) is 0 Å². The molecule has 0 unspecified atom stereocenters. The Morgan fingerprint density at radius 3 is 1.79 bits per heavy atom. The van der Waals surface area contributed by atoms with Crippen molar-refractivity contribution in [3.8, 4) is 16.8 Å². The lowest BCUT2D eigenvalue weighted by Crippen LogP contribution is -2.41. The lowest BCUT2D eigenvalue weighted by Gasteiger charge is -2.34. The highest BCUT2D eigenvalue weighted by molar-refractivity contribution is 6.62. The van der Waals surface area contributed by atoms with Gasteiger partial charge in [0.05, 0.1) is 27.7 Å². The SMILES string of the molecule is CC1(C)OB(c2cccc(-n3c4ccccc4c4ccc(C5(c6ccccc6)c6ccccc6-c6ccccc65)cc43)c2)OC1(C)C. The monoisotopic (exact) mass is 609 g/mol. The van der Waals surface area contributed by atoms with Crippen LogP contribution in [0.15, 0.2) is 146 Å². The second-order valence-electron chi connectivity index (χ2n) is 14.0. The number of aromatic nitrogens is 1. The highest BCUT2D eigenvalue weighted by Gasteiger charge is 2.52. The zero-order valence-electron chi connectivity index (χ0n) is 27.2. The maximum Gasteiger partial charge on any atom is 0.494 e. The van der Waals surface area contributed by atoms with Crippen LogP contribution in [0.2, 0.25) is 0 Å². The van der Waals surface area contributed by atoms with Crippen molar-refractivity contribution in [2.24, 2.45) is 0 Å². The Morgan fingerprint density at radius 1 is 0.489 bits per heavy atom. The quantitative estimate of drug-likeness (QED) is 0.186. The number of para-hydroxylation sites is 1. The van der Waals surface area contributed by atoms with E-state index in [1.165, 1.54) is 55.2 Å². The van der Waals surface area contributed by atoms with Crippen LogP contribution >= 0.6 is 0 Å². The van der Waals surface area contributed by atoms with E-state index in [9.17, 15) is 0 Å². The largest absolute Gasteiger partial charge is 0.494 e. The summed E-state index contributed by atoms with van der Waals surface area (Å²) in [6.45, 7) is 8.42. The molecular formula is C43H36BNO2. The molecule has 3 nitrogen and oxygen atoms in total. The molecule has 7 aromatic rings. The van der Waals surface area contributed by atoms with E-state index in [2.05, 4.69) is 178 Å². The summed E-state index contributed by atoms with van der Waals surface area (Å²) in [4.78, 5) is 0. The fourth-order valence-electron chi connectivity index (χ4n) is 7.98. The number of hydrogen-bond donors (Lipinski definition) is 0. The van der Waals surface area contributed by atoms with Gasteiger partial charge < -0.3 is 13.9 Å². The number of hydrogen-bond acceptors (Lipinski definition) is 2. The molecule has 1 saturated heterocycles. The number of nitrogens with zero attached hydrogens (tertiary/aromatic N) is 1. The molecule has 0 radical (unpaired) electrons. The molecule has 9 rings (SSSR count). The van der Waals surface area contributed by atoms with Crippen LogP contribution in [0.5, 0.6) is 0 Å². The fraction of sp³-hybridized carbons (Fsp3) is 0.163. The minimum Gasteiger partial charge on any atom is -0.399 e. The van der Waals surface area contributed by atoms with E-state index in [1.54, 1.807) is 0 Å². The van der Waals surface area contributed by atoms with E-state index in [-0.39, 0.29) is 0 Å². The molecule has 0 saturated carbocycles. The van der Waals surface area contributed by atoms with Gasteiger partial charge in [-0.05, 0) is 90.8 Å². The van der Waals surface area contributed by atoms with E-state index >= 15 is 0 Å². The predicted molar refractivity (Wildman–Crippen MR) is 194 cm³/mol. The maximum absolute atomic E-state index is 6.48. The average molecular weight is 610 g/mol. The molecular weight excluding hydrogens is 573 g/mol. The van der Waals surface area contributed by atoms with Crippen molar-refractivity contribution in [3.63, 3.8) is 0 Å². The Balaban J connectivity index is 1.32. The van der Waals surface area contributed by atoms with Gasteiger partial charge in [-0.2, -0.15) is 0 Å². The summed E-state index contributed by atoms with van der Waals surface area (Å²) in [5.41, 5.74) is 10.9. The molecule has 0 atom stereocenters. The van der Waals surface area contributed by atoms with Gasteiger partial charge in [-0.3, -0.25) is 0 Å². The second kappa shape index (κ2) is 10.1. The smallest absolute Gasteiger partial charge is 0.399 e. The fourth-order valence-corrected chi connectivity index (χ4v) is 7.98. The highest BCUT2D eigenvalue weighted by Crippen LogP contribution is 2.56. The van der Waals surface area contributed by atoms with Gasteiger partial charge in [0, 0.05) is 16.5 Å². The molecule has 0 bridgehead atoms. The van der Waals surface area contributed by atoms with E-state index < -0.39 is 23.7 Å². The van der Waals surface area contributed by atoms with Gasteiger partial charge in [0.25, 0.3) is 0 Å². The molecule has 1 aliphatic heterocycles. The third kappa shape index (κ3) is 3.95. The van der Waals surface area contributed by atoms with Crippen LogP contribution in [0.25, 0.3) is 38.6 Å². The molecule has 0 N–H and O–H groups in total. The topological polar surface area (TPSA) is 23.4 Å². The van der Waals surface area contributed by atoms with Crippen LogP contribution in [0.4, 0.5) is 0 Å². The molecule has 2 aliphatic rings. The number of fused-ring (bicyclic) bond motifs is 6. The van der Waals surface area contributed by atoms with Gasteiger partial charge in [0.2, 0.25) is 0 Å². The predicted octanol–water partition coefficient (Wildman–Crippen LogP) is 9.45. The van der Waals surface area contributed by atoms with Crippen molar-refractivity contribution in [1.29, 1.82) is 0 Å². The maximum atomic E-state index is 6.48. The zero-order chi connectivity index (χ0) is 32.0. The minimum atomic E-state index is -0.464. The Bertz CT molecular complexity index is 2270. The molecule has 1 fully saturated rings. The molecule has 2 heterocycles. The highest BCUT2D eigenvalue weighted by atomic mass is 16.7. The van der Waals surface area contributed by atoms with E-state index in [4.69, 9.17) is 9.31 Å². The summed E-state index contributed by atoms with van der Waals surface area (Å²) < 4.78 is 15.4. The van der Waals surface area contributed by atoms with Crippen molar-refractivity contribution in [3.05, 3.63) is 168 Å². The Kier molecular flexibility index (Phi) is 6.06. The van der Waals surface area contributed by atoms with Gasteiger partial charge in [-0.1, -0.05) is 121 Å². The number of rotatable bonds is 4. The van der Waals surface area contributed by atoms with E-state index in [1.807, 2.05) is 0 Å². The standard InChI is InChI=1S/C43H36BNO2/c1-41(2)42(3,4)47-44(46-41)31-17-14-18-32(28-31)45-39-24-13-10-21-35(39)36-26-25-30(27-40(36)45)43(29-15-6-5-7-16-29)37-22-11-8-19-33(37)34-20-9-12-23-38(34)43/h5-28H,1-4H3. The van der Waals surface area contributed by atoms with Gasteiger partial charge in [-0.15, -0.1) is 0 Å². The third-order valence-electron chi connectivity index (χ3n) is 10.9. The Labute approximate surface area is 276 Å². The first-order valence-electron chi connectivity index (χ1n) is 16.5. The normalized spacial score (nSPS) is 17.2. The number of benzene rings is 6. The van der Waals surface area contributed by atoms with Crippen molar-refractivity contribution in [2.45, 2.75) is 44.3 Å². The second-order valence-corrected chi connectivity index (χ2v) is 14.0. The van der Waals surface area contributed by atoms with Gasteiger partial charge in [0.15, 0.2) is 0 Å². The molecule has 6 aromatic carbocycles. The first-order chi connectivity index (χ1) is 22.8. The molecule has 4 heteroatoms. The lowest BCUT2D eigenvalue weighted by molar-refractivity contribution is 0.00578. The van der Waals surface area contributed by atoms with Crippen molar-refractivity contribution in [2.75, 3.05) is 0 Å². The van der Waals surface area contributed by atoms with Crippen LogP contribution in [0.3, 0.4) is 0 Å². The van der Waals surface area contributed by atoms with Gasteiger partial charge >= 0.3 is 7.12 Å². The van der Waals surface area contributed by atoms with Crippen molar-refractivity contribution >= 4 is 34.4 Å². The van der Waals surface area contributed by atoms with E-state index in [0.717, 1.165) is 11.2 Å². The molecule has 1 aromatic heterocycles. The molecule has 0 spiro atoms. The summed E-state index contributed by atoms with van der Waals surface area (Å²) >= 11 is 0. The molecule has 1 aliphatic carbocycles.